The van der Waals surface area contributed by atoms with Gasteiger partial charge in [0.15, 0.2) is 0 Å². The molecule has 0 aliphatic carbocycles. The first kappa shape index (κ1) is 21.9. The van der Waals surface area contributed by atoms with Crippen LogP contribution in [0.3, 0.4) is 0 Å². The Kier molecular flexibility index (Phi) is 6.79. The van der Waals surface area contributed by atoms with Crippen molar-refractivity contribution >= 4 is 11.0 Å². The lowest BCUT2D eigenvalue weighted by atomic mass is 10.0. The third-order valence-corrected chi connectivity index (χ3v) is 5.80. The highest BCUT2D eigenvalue weighted by atomic mass is 16.5. The average molecular weight is 429 g/mol. The van der Waals surface area contributed by atoms with Gasteiger partial charge in [-0.25, -0.2) is 4.98 Å². The van der Waals surface area contributed by atoms with Crippen molar-refractivity contribution in [1.82, 2.24) is 9.55 Å². The van der Waals surface area contributed by atoms with Gasteiger partial charge in [-0.05, 0) is 66.3 Å². The Morgan fingerprint density at radius 3 is 2.47 bits per heavy atom. The van der Waals surface area contributed by atoms with E-state index in [-0.39, 0.29) is 0 Å². The highest BCUT2D eigenvalue weighted by Gasteiger charge is 2.13. The molecule has 0 unspecified atom stereocenters. The van der Waals surface area contributed by atoms with E-state index >= 15 is 0 Å². The van der Waals surface area contributed by atoms with Crippen molar-refractivity contribution in [3.63, 3.8) is 0 Å². The highest BCUT2D eigenvalue weighted by Crippen LogP contribution is 2.28. The maximum absolute atomic E-state index is 6.26. The van der Waals surface area contributed by atoms with Crippen LogP contribution in [0, 0.1) is 6.92 Å². The Morgan fingerprint density at radius 2 is 1.72 bits per heavy atom. The molecule has 4 rings (SSSR count). The van der Waals surface area contributed by atoms with Crippen LogP contribution in [0.25, 0.3) is 11.0 Å². The molecule has 0 radical (unpaired) electrons. The first-order valence-corrected chi connectivity index (χ1v) is 11.4. The molecule has 0 saturated heterocycles. The van der Waals surface area contributed by atoms with Crippen molar-refractivity contribution in [2.24, 2.45) is 0 Å². The lowest BCUT2D eigenvalue weighted by Crippen LogP contribution is -2.13. The molecule has 4 heteroatoms. The van der Waals surface area contributed by atoms with Crippen LogP contribution in [-0.2, 0) is 19.6 Å². The molecule has 0 spiro atoms. The van der Waals surface area contributed by atoms with Crippen LogP contribution in [0.5, 0.6) is 11.5 Å². The third-order valence-electron chi connectivity index (χ3n) is 5.80. The predicted octanol–water partition coefficient (Wildman–Crippen LogP) is 6.69. The van der Waals surface area contributed by atoms with E-state index in [2.05, 4.69) is 68.7 Å². The highest BCUT2D eigenvalue weighted by molar-refractivity contribution is 5.75. The third kappa shape index (κ3) is 4.96. The number of para-hydroxylation sites is 2. The number of aromatic nitrogens is 2. The predicted molar refractivity (Wildman–Crippen MR) is 131 cm³/mol. The lowest BCUT2D eigenvalue weighted by Gasteiger charge is -2.16. The summed E-state index contributed by atoms with van der Waals surface area (Å²) in [5.74, 6) is 3.15. The lowest BCUT2D eigenvalue weighted by molar-refractivity contribution is 0.271. The van der Waals surface area contributed by atoms with E-state index in [4.69, 9.17) is 14.5 Å². The molecule has 0 bridgehead atoms. The molecule has 0 atom stereocenters. The summed E-state index contributed by atoms with van der Waals surface area (Å²) in [4.78, 5) is 4.83. The fourth-order valence-electron chi connectivity index (χ4n) is 3.94. The Hall–Kier alpha value is -3.27. The topological polar surface area (TPSA) is 36.3 Å². The molecule has 3 aromatic carbocycles. The maximum Gasteiger partial charge on any atom is 0.148 e. The Bertz CT molecular complexity index is 1180. The molecule has 0 aliphatic heterocycles. The number of ether oxygens (including phenoxy) is 2. The quantitative estimate of drug-likeness (QED) is 0.298. The summed E-state index contributed by atoms with van der Waals surface area (Å²) >= 11 is 0. The first-order valence-electron chi connectivity index (χ1n) is 11.4. The number of benzene rings is 3. The van der Waals surface area contributed by atoms with Crippen LogP contribution < -0.4 is 9.47 Å². The normalized spacial score (nSPS) is 11.3. The van der Waals surface area contributed by atoms with Crippen LogP contribution in [-0.4, -0.2) is 16.2 Å². The number of hydrogen-bond acceptors (Lipinski definition) is 3. The SMILES string of the molecule is CCc1ccc(OCc2nc3ccccc3n2CCOc2cc(C)ccc2C(C)C)cc1. The first-order chi connectivity index (χ1) is 15.5. The largest absolute Gasteiger partial charge is 0.491 e. The van der Waals surface area contributed by atoms with Gasteiger partial charge in [0, 0.05) is 0 Å². The molecule has 0 amide bonds. The van der Waals surface area contributed by atoms with E-state index in [1.807, 2.05) is 30.3 Å². The summed E-state index contributed by atoms with van der Waals surface area (Å²) < 4.78 is 14.5. The summed E-state index contributed by atoms with van der Waals surface area (Å²) in [5.41, 5.74) is 5.83. The molecule has 4 nitrogen and oxygen atoms in total. The summed E-state index contributed by atoms with van der Waals surface area (Å²) in [7, 11) is 0. The molecule has 0 aliphatic rings. The number of fused-ring (bicyclic) bond motifs is 1. The minimum atomic E-state index is 0.418. The molecule has 1 aromatic heterocycles. The summed E-state index contributed by atoms with van der Waals surface area (Å²) in [6.07, 6.45) is 1.02. The number of imidazole rings is 1. The molecule has 1 heterocycles. The van der Waals surface area contributed by atoms with Crippen LogP contribution in [0.2, 0.25) is 0 Å². The van der Waals surface area contributed by atoms with Gasteiger partial charge in [-0.15, -0.1) is 0 Å². The van der Waals surface area contributed by atoms with Gasteiger partial charge in [-0.2, -0.15) is 0 Å². The van der Waals surface area contributed by atoms with E-state index in [9.17, 15) is 0 Å². The van der Waals surface area contributed by atoms with Gasteiger partial charge in [-0.3, -0.25) is 0 Å². The van der Waals surface area contributed by atoms with Crippen molar-refractivity contribution < 1.29 is 9.47 Å². The molecular formula is C28H32N2O2. The fourth-order valence-corrected chi connectivity index (χ4v) is 3.94. The van der Waals surface area contributed by atoms with E-state index in [0.717, 1.165) is 34.8 Å². The molecule has 0 fully saturated rings. The van der Waals surface area contributed by atoms with Gasteiger partial charge in [0.05, 0.1) is 17.6 Å². The molecule has 166 valence electrons. The molecule has 4 aromatic rings. The number of hydrogen-bond donors (Lipinski definition) is 0. The molecule has 32 heavy (non-hydrogen) atoms. The number of aryl methyl sites for hydroxylation is 2. The van der Waals surface area contributed by atoms with Gasteiger partial charge in [0.1, 0.15) is 30.5 Å². The summed E-state index contributed by atoms with van der Waals surface area (Å²) in [6.45, 7) is 10.3. The zero-order valence-electron chi connectivity index (χ0n) is 19.5. The maximum atomic E-state index is 6.26. The van der Waals surface area contributed by atoms with E-state index in [1.54, 1.807) is 0 Å². The monoisotopic (exact) mass is 428 g/mol. The van der Waals surface area contributed by atoms with E-state index in [0.29, 0.717) is 25.7 Å². The van der Waals surface area contributed by atoms with Crippen molar-refractivity contribution in [3.05, 3.63) is 89.2 Å². The van der Waals surface area contributed by atoms with E-state index < -0.39 is 0 Å². The van der Waals surface area contributed by atoms with E-state index in [1.165, 1.54) is 16.7 Å². The Morgan fingerprint density at radius 1 is 0.938 bits per heavy atom. The van der Waals surface area contributed by atoms with Crippen LogP contribution >= 0.6 is 0 Å². The smallest absolute Gasteiger partial charge is 0.148 e. The molecular weight excluding hydrogens is 396 g/mol. The second kappa shape index (κ2) is 9.90. The van der Waals surface area contributed by atoms with Crippen molar-refractivity contribution in [2.75, 3.05) is 6.61 Å². The fraction of sp³-hybridized carbons (Fsp3) is 0.321. The van der Waals surface area contributed by atoms with Crippen molar-refractivity contribution in [1.29, 1.82) is 0 Å². The van der Waals surface area contributed by atoms with Crippen LogP contribution in [0.1, 0.15) is 49.2 Å². The molecule has 0 N–H and O–H groups in total. The van der Waals surface area contributed by atoms with Gasteiger partial charge in [0.2, 0.25) is 0 Å². The standard InChI is InChI=1S/C28H32N2O2/c1-5-22-11-13-23(14-12-22)32-19-28-29-25-8-6-7-9-26(25)30(28)16-17-31-27-18-21(4)10-15-24(27)20(2)3/h6-15,18,20H,5,16-17,19H2,1-4H3. The zero-order chi connectivity index (χ0) is 22.5. The van der Waals surface area contributed by atoms with Gasteiger partial charge in [-0.1, -0.05) is 57.2 Å². The van der Waals surface area contributed by atoms with Crippen molar-refractivity contribution in [3.8, 4) is 11.5 Å². The number of nitrogens with zero attached hydrogens (tertiary/aromatic N) is 2. The van der Waals surface area contributed by atoms with Gasteiger partial charge >= 0.3 is 0 Å². The summed E-state index contributed by atoms with van der Waals surface area (Å²) in [6, 6.07) is 22.9. The minimum absolute atomic E-state index is 0.418. The summed E-state index contributed by atoms with van der Waals surface area (Å²) in [5, 5.41) is 0. The van der Waals surface area contributed by atoms with Crippen molar-refractivity contribution in [2.45, 2.75) is 53.2 Å². The Balaban J connectivity index is 1.51. The molecule has 0 saturated carbocycles. The van der Waals surface area contributed by atoms with Gasteiger partial charge in [0.25, 0.3) is 0 Å². The second-order valence-electron chi connectivity index (χ2n) is 8.50. The zero-order valence-corrected chi connectivity index (χ0v) is 19.5. The minimum Gasteiger partial charge on any atom is -0.491 e. The van der Waals surface area contributed by atoms with Gasteiger partial charge < -0.3 is 14.0 Å². The van der Waals surface area contributed by atoms with Crippen LogP contribution in [0.4, 0.5) is 0 Å². The number of rotatable bonds is 9. The second-order valence-corrected chi connectivity index (χ2v) is 8.50. The average Bonchev–Trinajstić information content (AvgIpc) is 3.15. The Labute approximate surface area is 190 Å². The van der Waals surface area contributed by atoms with Crippen LogP contribution in [0.15, 0.2) is 66.7 Å².